The van der Waals surface area contributed by atoms with E-state index >= 15 is 0 Å². The van der Waals surface area contributed by atoms with E-state index in [2.05, 4.69) is 4.74 Å². The molecule has 4 nitrogen and oxygen atoms in total. The summed E-state index contributed by atoms with van der Waals surface area (Å²) in [5.74, 6) is -0.218. The molecule has 0 radical (unpaired) electrons. The largest absolute Gasteiger partial charge is 0.499 e. The monoisotopic (exact) mass is 176 g/mol. The van der Waals surface area contributed by atoms with E-state index in [0.717, 1.165) is 0 Å². The zero-order valence-corrected chi connectivity index (χ0v) is 6.85. The first-order chi connectivity index (χ1) is 5.25. The summed E-state index contributed by atoms with van der Waals surface area (Å²) in [5.41, 5.74) is 0. The lowest BCUT2D eigenvalue weighted by molar-refractivity contribution is -0.135. The Hall–Kier alpha value is -0.840. The summed E-state index contributed by atoms with van der Waals surface area (Å²) in [6.07, 6.45) is 1.20. The van der Waals surface area contributed by atoms with Gasteiger partial charge in [-0.25, -0.2) is 4.79 Å². The predicted molar refractivity (Wildman–Crippen MR) is 39.1 cm³/mol. The number of methoxy groups -OCH3 is 1. The first-order valence-corrected chi connectivity index (χ1v) is 4.36. The minimum Gasteiger partial charge on any atom is -0.499 e. The van der Waals surface area contributed by atoms with Gasteiger partial charge in [-0.05, 0) is 0 Å². The quantitative estimate of drug-likeness (QED) is 0.518. The Morgan fingerprint density at radius 1 is 1.82 bits per heavy atom. The van der Waals surface area contributed by atoms with Crippen LogP contribution in [0.15, 0.2) is 11.2 Å². The van der Waals surface area contributed by atoms with Crippen molar-refractivity contribution in [2.24, 2.45) is 0 Å². The Balaban J connectivity index is 2.75. The maximum absolute atomic E-state index is 11.1. The highest BCUT2D eigenvalue weighted by Crippen LogP contribution is 2.09. The van der Waals surface area contributed by atoms with Crippen LogP contribution in [0.5, 0.6) is 0 Å². The molecule has 0 aromatic heterocycles. The van der Waals surface area contributed by atoms with Crippen LogP contribution in [0.1, 0.15) is 0 Å². The van der Waals surface area contributed by atoms with Gasteiger partial charge in [0, 0.05) is 0 Å². The summed E-state index contributed by atoms with van der Waals surface area (Å²) in [7, 11) is -0.00137. The second kappa shape index (κ2) is 3.52. The molecule has 1 unspecified atom stereocenters. The van der Waals surface area contributed by atoms with Crippen LogP contribution in [0.4, 0.5) is 0 Å². The molecule has 62 valence electrons. The molecule has 0 amide bonds. The van der Waals surface area contributed by atoms with Crippen molar-refractivity contribution in [2.45, 2.75) is 0 Å². The topological polar surface area (TPSA) is 52.6 Å². The molecule has 0 saturated heterocycles. The zero-order valence-electron chi connectivity index (χ0n) is 6.03. The average molecular weight is 176 g/mol. The number of hydrogen-bond donors (Lipinski definition) is 0. The second-order valence-corrected chi connectivity index (χ2v) is 3.43. The fourth-order valence-electron chi connectivity index (χ4n) is 0.664. The summed E-state index contributed by atoms with van der Waals surface area (Å²) >= 11 is 0. The highest BCUT2D eigenvalue weighted by atomic mass is 32.2. The third-order valence-electron chi connectivity index (χ3n) is 1.21. The first kappa shape index (κ1) is 8.26. The standard InChI is InChI=1S/C6H8O4S/c1-9-6(7)5-4-10-2-3-11(5)8/h4H,2-3H2,1H3. The number of carbonyl (C=O) groups excluding carboxylic acids is 1. The van der Waals surface area contributed by atoms with E-state index in [1.165, 1.54) is 13.4 Å². The number of carbonyl (C=O) groups is 1. The van der Waals surface area contributed by atoms with Gasteiger partial charge in [-0.3, -0.25) is 4.21 Å². The van der Waals surface area contributed by atoms with Gasteiger partial charge < -0.3 is 9.47 Å². The summed E-state index contributed by atoms with van der Waals surface area (Å²) in [6, 6.07) is 0. The molecule has 1 aliphatic rings. The molecule has 1 rings (SSSR count). The lowest BCUT2D eigenvalue weighted by Gasteiger charge is -2.10. The first-order valence-electron chi connectivity index (χ1n) is 3.04. The SMILES string of the molecule is COC(=O)C1=COCCS1=O. The number of hydrogen-bond acceptors (Lipinski definition) is 4. The number of esters is 1. The third-order valence-corrected chi connectivity index (χ3v) is 2.50. The van der Waals surface area contributed by atoms with Crippen molar-refractivity contribution in [3.05, 3.63) is 11.2 Å². The Morgan fingerprint density at radius 2 is 2.55 bits per heavy atom. The molecule has 0 aromatic rings. The highest BCUT2D eigenvalue weighted by Gasteiger charge is 2.20. The molecular formula is C6H8O4S. The van der Waals surface area contributed by atoms with E-state index in [4.69, 9.17) is 4.74 Å². The summed E-state index contributed by atoms with van der Waals surface area (Å²) in [5, 5.41) is 0. The normalized spacial score (nSPS) is 23.4. The van der Waals surface area contributed by atoms with Crippen LogP contribution >= 0.6 is 0 Å². The molecule has 0 aromatic carbocycles. The summed E-state index contributed by atoms with van der Waals surface area (Å²) in [6.45, 7) is 0.396. The molecule has 11 heavy (non-hydrogen) atoms. The van der Waals surface area contributed by atoms with Gasteiger partial charge in [0.1, 0.15) is 6.26 Å². The van der Waals surface area contributed by atoms with E-state index in [-0.39, 0.29) is 4.91 Å². The maximum Gasteiger partial charge on any atom is 0.350 e. The predicted octanol–water partition coefficient (Wildman–Crippen LogP) is -0.220. The fourth-order valence-corrected chi connectivity index (χ4v) is 1.58. The lowest BCUT2D eigenvalue weighted by Crippen LogP contribution is -2.19. The van der Waals surface area contributed by atoms with Gasteiger partial charge in [0.05, 0.1) is 30.3 Å². The van der Waals surface area contributed by atoms with Gasteiger partial charge in [0.15, 0.2) is 4.91 Å². The average Bonchev–Trinajstić information content (AvgIpc) is 2.04. The van der Waals surface area contributed by atoms with E-state index in [0.29, 0.717) is 12.4 Å². The van der Waals surface area contributed by atoms with Crippen molar-refractivity contribution in [3.63, 3.8) is 0 Å². The van der Waals surface area contributed by atoms with Crippen LogP contribution in [0.25, 0.3) is 0 Å². The van der Waals surface area contributed by atoms with Crippen molar-refractivity contribution in [1.82, 2.24) is 0 Å². The van der Waals surface area contributed by atoms with E-state index < -0.39 is 16.8 Å². The summed E-state index contributed by atoms with van der Waals surface area (Å²) in [4.78, 5) is 10.9. The third kappa shape index (κ3) is 1.80. The van der Waals surface area contributed by atoms with Crippen LogP contribution < -0.4 is 0 Å². The Bertz CT molecular complexity index is 221. The minimum absolute atomic E-state index is 0.110. The smallest absolute Gasteiger partial charge is 0.350 e. The van der Waals surface area contributed by atoms with Crippen molar-refractivity contribution >= 4 is 16.8 Å². The lowest BCUT2D eigenvalue weighted by atomic mass is 10.6. The van der Waals surface area contributed by atoms with Crippen LogP contribution in [0, 0.1) is 0 Å². The van der Waals surface area contributed by atoms with Crippen LogP contribution in [0.3, 0.4) is 0 Å². The fraction of sp³-hybridized carbons (Fsp3) is 0.500. The van der Waals surface area contributed by atoms with Gasteiger partial charge in [-0.15, -0.1) is 0 Å². The van der Waals surface area contributed by atoms with Gasteiger partial charge in [-0.1, -0.05) is 0 Å². The van der Waals surface area contributed by atoms with E-state index in [9.17, 15) is 9.00 Å². The zero-order chi connectivity index (χ0) is 8.27. The van der Waals surface area contributed by atoms with Crippen molar-refractivity contribution in [2.75, 3.05) is 19.5 Å². The van der Waals surface area contributed by atoms with Gasteiger partial charge in [0.2, 0.25) is 0 Å². The molecule has 5 heteroatoms. The summed E-state index contributed by atoms with van der Waals surface area (Å²) < 4.78 is 20.3. The Labute approximate surface area is 66.6 Å². The van der Waals surface area contributed by atoms with Crippen LogP contribution in [-0.4, -0.2) is 29.6 Å². The second-order valence-electron chi connectivity index (χ2n) is 1.89. The van der Waals surface area contributed by atoms with Crippen LogP contribution in [-0.2, 0) is 25.1 Å². The van der Waals surface area contributed by atoms with Crippen molar-refractivity contribution in [3.8, 4) is 0 Å². The van der Waals surface area contributed by atoms with Crippen molar-refractivity contribution in [1.29, 1.82) is 0 Å². The van der Waals surface area contributed by atoms with Gasteiger partial charge in [0.25, 0.3) is 0 Å². The molecule has 0 fully saturated rings. The maximum atomic E-state index is 11.1. The molecule has 0 N–H and O–H groups in total. The molecular weight excluding hydrogens is 168 g/mol. The number of rotatable bonds is 1. The molecule has 0 bridgehead atoms. The van der Waals surface area contributed by atoms with Crippen LogP contribution in [0.2, 0.25) is 0 Å². The Morgan fingerprint density at radius 3 is 3.09 bits per heavy atom. The van der Waals surface area contributed by atoms with Crippen molar-refractivity contribution < 1.29 is 18.5 Å². The van der Waals surface area contributed by atoms with Gasteiger partial charge in [-0.2, -0.15) is 0 Å². The minimum atomic E-state index is -1.25. The molecule has 1 aliphatic heterocycles. The molecule has 1 atom stereocenters. The van der Waals surface area contributed by atoms with E-state index in [1.54, 1.807) is 0 Å². The molecule has 0 spiro atoms. The molecule has 1 heterocycles. The molecule has 0 aliphatic carbocycles. The highest BCUT2D eigenvalue weighted by molar-refractivity contribution is 7.90. The number of ether oxygens (including phenoxy) is 2. The van der Waals surface area contributed by atoms with Gasteiger partial charge >= 0.3 is 5.97 Å². The van der Waals surface area contributed by atoms with E-state index in [1.807, 2.05) is 0 Å². The molecule has 0 saturated carbocycles. The Kier molecular flexibility index (Phi) is 2.64.